The summed E-state index contributed by atoms with van der Waals surface area (Å²) in [6.45, 7) is 10.5. The standard InChI is InChI=1S/C19H29N5O2/c1-5-24-18-15(11-22-24)17(23-13(4)12(2)3)16(10-20-18)19(25)21-9-14-7-6-8-26-14/h10-14H,5-9H2,1-4H3,(H,20,23)(H,21,25)/t13-,14?/m0/s1. The quantitative estimate of drug-likeness (QED) is 0.794. The Morgan fingerprint density at radius 1 is 1.38 bits per heavy atom. The molecule has 0 bridgehead atoms. The fraction of sp³-hybridized carbons (Fsp3) is 0.632. The average molecular weight is 359 g/mol. The molecule has 0 saturated carbocycles. The van der Waals surface area contributed by atoms with Gasteiger partial charge < -0.3 is 15.4 Å². The molecule has 3 rings (SSSR count). The van der Waals surface area contributed by atoms with Crippen LogP contribution >= 0.6 is 0 Å². The van der Waals surface area contributed by atoms with Crippen molar-refractivity contribution in [3.8, 4) is 0 Å². The predicted octanol–water partition coefficient (Wildman–Crippen LogP) is 2.82. The fourth-order valence-corrected chi connectivity index (χ4v) is 3.09. The highest BCUT2D eigenvalue weighted by Crippen LogP contribution is 2.27. The molecule has 0 spiro atoms. The molecular weight excluding hydrogens is 330 g/mol. The summed E-state index contributed by atoms with van der Waals surface area (Å²) in [6.07, 6.45) is 5.61. The number of nitrogens with zero attached hydrogens (tertiary/aromatic N) is 3. The molecule has 2 atom stereocenters. The number of hydrogen-bond acceptors (Lipinski definition) is 5. The van der Waals surface area contributed by atoms with E-state index in [-0.39, 0.29) is 18.1 Å². The molecule has 1 aliphatic rings. The molecule has 1 amide bonds. The summed E-state index contributed by atoms with van der Waals surface area (Å²) in [5, 5.41) is 11.8. The van der Waals surface area contributed by atoms with Crippen LogP contribution in [0.2, 0.25) is 0 Å². The van der Waals surface area contributed by atoms with Crippen molar-refractivity contribution < 1.29 is 9.53 Å². The van der Waals surface area contributed by atoms with Gasteiger partial charge in [0.15, 0.2) is 5.65 Å². The maximum atomic E-state index is 12.8. The SMILES string of the molecule is CCn1ncc2c(N[C@@H](C)C(C)C)c(C(=O)NCC3CCCO3)cnc21. The van der Waals surface area contributed by atoms with Gasteiger partial charge in [-0.25, -0.2) is 9.67 Å². The molecule has 3 heterocycles. The summed E-state index contributed by atoms with van der Waals surface area (Å²) in [5.74, 6) is 0.305. The summed E-state index contributed by atoms with van der Waals surface area (Å²) < 4.78 is 7.44. The lowest BCUT2D eigenvalue weighted by atomic mass is 10.0. The number of aryl methyl sites for hydroxylation is 1. The van der Waals surface area contributed by atoms with Crippen LogP contribution in [0, 0.1) is 5.92 Å². The minimum absolute atomic E-state index is 0.115. The largest absolute Gasteiger partial charge is 0.381 e. The van der Waals surface area contributed by atoms with Crippen molar-refractivity contribution in [2.75, 3.05) is 18.5 Å². The van der Waals surface area contributed by atoms with Gasteiger partial charge >= 0.3 is 0 Å². The summed E-state index contributed by atoms with van der Waals surface area (Å²) in [6, 6.07) is 0.218. The van der Waals surface area contributed by atoms with Gasteiger partial charge in [-0.05, 0) is 32.6 Å². The summed E-state index contributed by atoms with van der Waals surface area (Å²) in [4.78, 5) is 17.3. The Labute approximate surface area is 154 Å². The van der Waals surface area contributed by atoms with Crippen LogP contribution in [-0.2, 0) is 11.3 Å². The number of rotatable bonds is 7. The third-order valence-electron chi connectivity index (χ3n) is 5.10. The summed E-state index contributed by atoms with van der Waals surface area (Å²) in [7, 11) is 0. The number of ether oxygens (including phenoxy) is 1. The van der Waals surface area contributed by atoms with Crippen LogP contribution in [0.1, 0.15) is 50.9 Å². The van der Waals surface area contributed by atoms with Gasteiger partial charge in [0.05, 0.1) is 28.9 Å². The highest BCUT2D eigenvalue weighted by atomic mass is 16.5. The Morgan fingerprint density at radius 3 is 2.85 bits per heavy atom. The van der Waals surface area contributed by atoms with Gasteiger partial charge in [0.1, 0.15) is 0 Å². The normalized spacial score (nSPS) is 18.4. The van der Waals surface area contributed by atoms with Crippen molar-refractivity contribution in [2.45, 2.75) is 59.2 Å². The number of pyridine rings is 1. The topological polar surface area (TPSA) is 81.1 Å². The second-order valence-electron chi connectivity index (χ2n) is 7.27. The number of amides is 1. The molecule has 1 unspecified atom stereocenters. The second kappa shape index (κ2) is 8.03. The zero-order chi connectivity index (χ0) is 18.7. The van der Waals surface area contributed by atoms with Crippen LogP contribution in [0.3, 0.4) is 0 Å². The Morgan fingerprint density at radius 2 is 2.19 bits per heavy atom. The highest BCUT2D eigenvalue weighted by Gasteiger charge is 2.22. The van der Waals surface area contributed by atoms with E-state index < -0.39 is 0 Å². The van der Waals surface area contributed by atoms with E-state index in [1.165, 1.54) is 0 Å². The van der Waals surface area contributed by atoms with Crippen LogP contribution in [-0.4, -0.2) is 46.0 Å². The smallest absolute Gasteiger partial charge is 0.255 e. The lowest BCUT2D eigenvalue weighted by Crippen LogP contribution is -2.33. The highest BCUT2D eigenvalue weighted by molar-refractivity contribution is 6.06. The molecular formula is C19H29N5O2. The molecule has 0 radical (unpaired) electrons. The molecule has 7 heteroatoms. The second-order valence-corrected chi connectivity index (χ2v) is 7.27. The maximum absolute atomic E-state index is 12.8. The van der Waals surface area contributed by atoms with E-state index in [1.54, 1.807) is 12.4 Å². The lowest BCUT2D eigenvalue weighted by Gasteiger charge is -2.21. The van der Waals surface area contributed by atoms with Crippen molar-refractivity contribution in [3.05, 3.63) is 18.0 Å². The Kier molecular flexibility index (Phi) is 5.76. The van der Waals surface area contributed by atoms with Gasteiger partial charge in [-0.15, -0.1) is 0 Å². The molecule has 1 aliphatic heterocycles. The van der Waals surface area contributed by atoms with Crippen LogP contribution in [0.5, 0.6) is 0 Å². The van der Waals surface area contributed by atoms with Crippen molar-refractivity contribution in [1.82, 2.24) is 20.1 Å². The van der Waals surface area contributed by atoms with Gasteiger partial charge in [-0.1, -0.05) is 13.8 Å². The molecule has 1 fully saturated rings. The van der Waals surface area contributed by atoms with E-state index in [0.29, 0.717) is 18.0 Å². The van der Waals surface area contributed by atoms with Crippen LogP contribution in [0.15, 0.2) is 12.4 Å². The number of fused-ring (bicyclic) bond motifs is 1. The fourth-order valence-electron chi connectivity index (χ4n) is 3.09. The van der Waals surface area contributed by atoms with Gasteiger partial charge in [0.2, 0.25) is 0 Å². The summed E-state index contributed by atoms with van der Waals surface area (Å²) >= 11 is 0. The van der Waals surface area contributed by atoms with Crippen molar-refractivity contribution in [3.63, 3.8) is 0 Å². The van der Waals surface area contributed by atoms with Gasteiger partial charge in [0, 0.05) is 31.9 Å². The first-order valence-electron chi connectivity index (χ1n) is 9.52. The lowest BCUT2D eigenvalue weighted by molar-refractivity contribution is 0.0858. The zero-order valence-corrected chi connectivity index (χ0v) is 16.1. The molecule has 2 aromatic rings. The number of aromatic nitrogens is 3. The third kappa shape index (κ3) is 3.82. The first-order valence-corrected chi connectivity index (χ1v) is 9.52. The Hall–Kier alpha value is -2.15. The zero-order valence-electron chi connectivity index (χ0n) is 16.1. The van der Waals surface area contributed by atoms with Crippen molar-refractivity contribution in [2.24, 2.45) is 5.92 Å². The number of carbonyl (C=O) groups excluding carboxylic acids is 1. The van der Waals surface area contributed by atoms with Crippen LogP contribution in [0.4, 0.5) is 5.69 Å². The van der Waals surface area contributed by atoms with Crippen LogP contribution < -0.4 is 10.6 Å². The van der Waals surface area contributed by atoms with E-state index >= 15 is 0 Å². The van der Waals surface area contributed by atoms with E-state index in [1.807, 2.05) is 11.6 Å². The molecule has 142 valence electrons. The van der Waals surface area contributed by atoms with Gasteiger partial charge in [0.25, 0.3) is 5.91 Å². The Bertz CT molecular complexity index is 765. The van der Waals surface area contributed by atoms with Crippen molar-refractivity contribution in [1.29, 1.82) is 0 Å². The van der Waals surface area contributed by atoms with Gasteiger partial charge in [-0.3, -0.25) is 4.79 Å². The number of carbonyl (C=O) groups is 1. The maximum Gasteiger partial charge on any atom is 0.255 e. The molecule has 0 aliphatic carbocycles. The Balaban J connectivity index is 1.90. The monoisotopic (exact) mass is 359 g/mol. The van der Waals surface area contributed by atoms with Gasteiger partial charge in [-0.2, -0.15) is 5.10 Å². The number of anilines is 1. The minimum Gasteiger partial charge on any atom is -0.381 e. The molecule has 26 heavy (non-hydrogen) atoms. The van der Waals surface area contributed by atoms with E-state index in [2.05, 4.69) is 41.5 Å². The molecule has 0 aromatic carbocycles. The molecule has 2 N–H and O–H groups in total. The third-order valence-corrected chi connectivity index (χ3v) is 5.10. The first kappa shape index (κ1) is 18.6. The van der Waals surface area contributed by atoms with Crippen LogP contribution in [0.25, 0.3) is 11.0 Å². The number of hydrogen-bond donors (Lipinski definition) is 2. The molecule has 2 aromatic heterocycles. The first-order chi connectivity index (χ1) is 12.5. The minimum atomic E-state index is -0.127. The van der Waals surface area contributed by atoms with Crippen molar-refractivity contribution >= 4 is 22.6 Å². The predicted molar refractivity (Wildman–Crippen MR) is 102 cm³/mol. The van der Waals surface area contributed by atoms with E-state index in [4.69, 9.17) is 4.74 Å². The van der Waals surface area contributed by atoms with E-state index in [9.17, 15) is 4.79 Å². The molecule has 1 saturated heterocycles. The summed E-state index contributed by atoms with van der Waals surface area (Å²) in [5.41, 5.74) is 2.15. The average Bonchev–Trinajstić information content (AvgIpc) is 3.29. The number of nitrogens with one attached hydrogen (secondary N) is 2. The molecule has 7 nitrogen and oxygen atoms in total. The van der Waals surface area contributed by atoms with E-state index in [0.717, 1.165) is 42.7 Å².